The topological polar surface area (TPSA) is 105 Å². The molecule has 0 fully saturated rings. The van der Waals surface area contributed by atoms with E-state index >= 15 is 0 Å². The Morgan fingerprint density at radius 2 is 1.62 bits per heavy atom. The Morgan fingerprint density at radius 3 is 2.07 bits per heavy atom. The fourth-order valence-electron chi connectivity index (χ4n) is 2.74. The third-order valence-electron chi connectivity index (χ3n) is 4.24. The van der Waals surface area contributed by atoms with E-state index in [0.29, 0.717) is 4.48 Å². The molecule has 0 unspecified atom stereocenters. The SMILES string of the molecule is COC(=O)[C@@H](NC(=O)[C@H](Cc1ccc(O)cc1)NC(=O)C[N+](C)(C)C)C(C)(C)C. The zero-order chi connectivity index (χ0) is 22.4. The summed E-state index contributed by atoms with van der Waals surface area (Å²) >= 11 is 0. The van der Waals surface area contributed by atoms with Crippen molar-refractivity contribution in [3.05, 3.63) is 29.8 Å². The highest BCUT2D eigenvalue weighted by atomic mass is 16.5. The Balaban J connectivity index is 3.06. The molecule has 0 bridgehead atoms. The third-order valence-corrected chi connectivity index (χ3v) is 4.24. The van der Waals surface area contributed by atoms with Crippen molar-refractivity contribution in [2.75, 3.05) is 34.8 Å². The maximum absolute atomic E-state index is 13.0. The van der Waals surface area contributed by atoms with Crippen molar-refractivity contribution in [2.24, 2.45) is 5.41 Å². The number of carbonyl (C=O) groups is 3. The number of nitrogens with zero attached hydrogens (tertiary/aromatic N) is 1. The van der Waals surface area contributed by atoms with Crippen LogP contribution in [0.3, 0.4) is 0 Å². The van der Waals surface area contributed by atoms with Crippen LogP contribution in [-0.4, -0.2) is 74.3 Å². The lowest BCUT2D eigenvalue weighted by molar-refractivity contribution is -0.862. The Bertz CT molecular complexity index is 717. The van der Waals surface area contributed by atoms with Crippen molar-refractivity contribution in [3.63, 3.8) is 0 Å². The van der Waals surface area contributed by atoms with Crippen molar-refractivity contribution in [3.8, 4) is 5.75 Å². The number of amides is 2. The van der Waals surface area contributed by atoms with Crippen LogP contribution in [0.4, 0.5) is 0 Å². The van der Waals surface area contributed by atoms with Crippen molar-refractivity contribution < 1.29 is 28.7 Å². The molecule has 3 N–H and O–H groups in total. The van der Waals surface area contributed by atoms with Crippen LogP contribution in [-0.2, 0) is 25.5 Å². The van der Waals surface area contributed by atoms with Gasteiger partial charge in [-0.25, -0.2) is 4.79 Å². The van der Waals surface area contributed by atoms with Gasteiger partial charge in [0.2, 0.25) is 5.91 Å². The number of hydrogen-bond donors (Lipinski definition) is 3. The summed E-state index contributed by atoms with van der Waals surface area (Å²) in [6.07, 6.45) is 0.215. The fraction of sp³-hybridized carbons (Fsp3) is 0.571. The largest absolute Gasteiger partial charge is 0.508 e. The Hall–Kier alpha value is -2.61. The average molecular weight is 409 g/mol. The van der Waals surface area contributed by atoms with Gasteiger partial charge in [0, 0.05) is 6.42 Å². The number of phenols is 1. The summed E-state index contributed by atoms with van der Waals surface area (Å²) in [5.41, 5.74) is 0.192. The highest BCUT2D eigenvalue weighted by Crippen LogP contribution is 2.21. The predicted octanol–water partition coefficient (Wildman–Crippen LogP) is 0.830. The number of methoxy groups -OCH3 is 1. The van der Waals surface area contributed by atoms with E-state index in [1.54, 1.807) is 12.1 Å². The van der Waals surface area contributed by atoms with E-state index in [1.807, 2.05) is 41.9 Å². The molecule has 0 saturated carbocycles. The number of likely N-dealkylation sites (N-methyl/N-ethyl adjacent to an activating group) is 1. The minimum atomic E-state index is -0.881. The summed E-state index contributed by atoms with van der Waals surface area (Å²) in [5, 5.41) is 15.0. The smallest absolute Gasteiger partial charge is 0.328 e. The molecule has 162 valence electrons. The van der Waals surface area contributed by atoms with Crippen LogP contribution < -0.4 is 10.6 Å². The van der Waals surface area contributed by atoms with E-state index in [2.05, 4.69) is 10.6 Å². The second-order valence-electron chi connectivity index (χ2n) is 9.27. The van der Waals surface area contributed by atoms with Gasteiger partial charge >= 0.3 is 5.97 Å². The molecular weight excluding hydrogens is 374 g/mol. The van der Waals surface area contributed by atoms with E-state index in [0.717, 1.165) is 5.56 Å². The molecule has 0 aliphatic heterocycles. The van der Waals surface area contributed by atoms with Crippen LogP contribution in [0, 0.1) is 5.41 Å². The molecule has 2 amide bonds. The number of rotatable bonds is 8. The molecule has 0 spiro atoms. The molecule has 1 aromatic carbocycles. The number of aromatic hydroxyl groups is 1. The first-order valence-electron chi connectivity index (χ1n) is 9.49. The van der Waals surface area contributed by atoms with E-state index in [-0.39, 0.29) is 24.6 Å². The summed E-state index contributed by atoms with van der Waals surface area (Å²) in [4.78, 5) is 37.6. The molecule has 1 aromatic rings. The molecule has 29 heavy (non-hydrogen) atoms. The van der Waals surface area contributed by atoms with Gasteiger partial charge in [-0.2, -0.15) is 0 Å². The van der Waals surface area contributed by atoms with Gasteiger partial charge in [-0.05, 0) is 23.1 Å². The van der Waals surface area contributed by atoms with Gasteiger partial charge in [0.15, 0.2) is 6.54 Å². The Kier molecular flexibility index (Phi) is 8.20. The van der Waals surface area contributed by atoms with Gasteiger partial charge in [0.1, 0.15) is 17.8 Å². The quantitative estimate of drug-likeness (QED) is 0.437. The lowest BCUT2D eigenvalue weighted by Crippen LogP contribution is -2.57. The molecule has 0 aliphatic rings. The Labute approximate surface area is 172 Å². The van der Waals surface area contributed by atoms with E-state index in [9.17, 15) is 19.5 Å². The van der Waals surface area contributed by atoms with Crippen LogP contribution in [0.2, 0.25) is 0 Å². The maximum Gasteiger partial charge on any atom is 0.328 e. The second kappa shape index (κ2) is 9.73. The van der Waals surface area contributed by atoms with E-state index in [1.165, 1.54) is 19.2 Å². The fourth-order valence-corrected chi connectivity index (χ4v) is 2.74. The minimum absolute atomic E-state index is 0.113. The van der Waals surface area contributed by atoms with Crippen LogP contribution in [0.1, 0.15) is 26.3 Å². The van der Waals surface area contributed by atoms with Crippen LogP contribution in [0.25, 0.3) is 0 Å². The zero-order valence-electron chi connectivity index (χ0n) is 18.4. The first kappa shape index (κ1) is 24.4. The van der Waals surface area contributed by atoms with E-state index in [4.69, 9.17) is 4.74 Å². The summed E-state index contributed by atoms with van der Waals surface area (Å²) in [7, 11) is 6.90. The van der Waals surface area contributed by atoms with Crippen molar-refractivity contribution in [1.82, 2.24) is 10.6 Å². The lowest BCUT2D eigenvalue weighted by atomic mass is 9.86. The van der Waals surface area contributed by atoms with Gasteiger partial charge < -0.3 is 25.0 Å². The summed E-state index contributed by atoms with van der Waals surface area (Å²) < 4.78 is 5.24. The summed E-state index contributed by atoms with van der Waals surface area (Å²) in [6, 6.07) is 4.66. The Morgan fingerprint density at radius 1 is 1.07 bits per heavy atom. The number of carbonyl (C=O) groups excluding carboxylic acids is 3. The van der Waals surface area contributed by atoms with Gasteiger partial charge in [-0.1, -0.05) is 32.9 Å². The molecular formula is C21H34N3O5+. The average Bonchev–Trinajstić information content (AvgIpc) is 2.57. The van der Waals surface area contributed by atoms with Gasteiger partial charge in [-0.3, -0.25) is 9.59 Å². The van der Waals surface area contributed by atoms with Crippen LogP contribution in [0.5, 0.6) is 5.75 Å². The van der Waals surface area contributed by atoms with Gasteiger partial charge in [0.05, 0.1) is 28.3 Å². The summed E-state index contributed by atoms with van der Waals surface area (Å²) in [6.45, 7) is 5.65. The van der Waals surface area contributed by atoms with Gasteiger partial charge in [-0.15, -0.1) is 0 Å². The zero-order valence-corrected chi connectivity index (χ0v) is 18.4. The van der Waals surface area contributed by atoms with Crippen LogP contribution in [0.15, 0.2) is 24.3 Å². The standard InChI is InChI=1S/C21H33N3O5/c1-21(2,3)18(20(28)29-7)23-19(27)16(22-17(26)13-24(4,5)6)12-14-8-10-15(25)11-9-14/h8-11,16,18H,12-13H2,1-7H3,(H2-,22,23,25,26,27)/p+1/t16-,18+/m0/s1. The molecule has 2 atom stereocenters. The molecule has 0 radical (unpaired) electrons. The monoisotopic (exact) mass is 408 g/mol. The highest BCUT2D eigenvalue weighted by Gasteiger charge is 2.36. The molecule has 0 aromatic heterocycles. The van der Waals surface area contributed by atoms with Crippen molar-refractivity contribution in [1.29, 1.82) is 0 Å². The number of nitrogens with one attached hydrogen (secondary N) is 2. The lowest BCUT2D eigenvalue weighted by Gasteiger charge is -2.31. The number of phenolic OH excluding ortho intramolecular Hbond substituents is 1. The molecule has 1 rings (SSSR count). The predicted molar refractivity (Wildman–Crippen MR) is 110 cm³/mol. The number of hydrogen-bond acceptors (Lipinski definition) is 5. The molecule has 8 nitrogen and oxygen atoms in total. The first-order chi connectivity index (χ1) is 13.2. The number of esters is 1. The maximum atomic E-state index is 13.0. The third kappa shape index (κ3) is 8.51. The van der Waals surface area contributed by atoms with Crippen molar-refractivity contribution in [2.45, 2.75) is 39.3 Å². The summed E-state index contributed by atoms with van der Waals surface area (Å²) in [5.74, 6) is -1.19. The van der Waals surface area contributed by atoms with Gasteiger partial charge in [0.25, 0.3) is 5.91 Å². The molecule has 0 aliphatic carbocycles. The minimum Gasteiger partial charge on any atom is -0.508 e. The second-order valence-corrected chi connectivity index (χ2v) is 9.27. The molecule has 8 heteroatoms. The number of benzene rings is 1. The molecule has 0 heterocycles. The molecule has 0 saturated heterocycles. The van der Waals surface area contributed by atoms with Crippen LogP contribution >= 0.6 is 0 Å². The number of ether oxygens (including phenoxy) is 1. The van der Waals surface area contributed by atoms with E-state index < -0.39 is 29.4 Å². The van der Waals surface area contributed by atoms with Crippen molar-refractivity contribution >= 4 is 17.8 Å². The highest BCUT2D eigenvalue weighted by molar-refractivity contribution is 5.91. The normalized spacial score (nSPS) is 13.9. The first-order valence-corrected chi connectivity index (χ1v) is 9.49. The number of quaternary nitrogens is 1.